The largest absolute Gasteiger partial charge is 0.480 e. The van der Waals surface area contributed by atoms with Crippen LogP contribution < -0.4 is 5.32 Å². The number of aromatic carboxylic acids is 1. The molecule has 7 nitrogen and oxygen atoms in total. The maximum absolute atomic E-state index is 11.3. The Morgan fingerprint density at radius 2 is 1.78 bits per heavy atom. The molecular weight excluding hydrogens is 242 g/mol. The lowest BCUT2D eigenvalue weighted by Gasteiger charge is -2.07. The highest BCUT2D eigenvalue weighted by Gasteiger charge is 2.11. The Labute approximate surface area is 102 Å². The Kier molecular flexibility index (Phi) is 4.82. The minimum Gasteiger partial charge on any atom is -0.480 e. The van der Waals surface area contributed by atoms with E-state index in [1.54, 1.807) is 6.07 Å². The van der Waals surface area contributed by atoms with Gasteiger partial charge in [-0.1, -0.05) is 12.1 Å². The van der Waals surface area contributed by atoms with Crippen molar-refractivity contribution in [1.82, 2.24) is 0 Å². The first-order chi connectivity index (χ1) is 8.50. The first kappa shape index (κ1) is 13.7. The minimum absolute atomic E-state index is 0.0518. The molecule has 0 aliphatic carbocycles. The molecule has 1 aromatic rings. The first-order valence-corrected chi connectivity index (χ1v) is 4.92. The van der Waals surface area contributed by atoms with Gasteiger partial charge in [-0.3, -0.25) is 4.79 Å². The number of para-hydroxylation sites is 1. The van der Waals surface area contributed by atoms with Gasteiger partial charge in [0.1, 0.15) is 13.2 Å². The normalized spacial score (nSPS) is 9.78. The number of carbonyl (C=O) groups is 3. The van der Waals surface area contributed by atoms with Gasteiger partial charge in [0.05, 0.1) is 11.3 Å². The zero-order valence-corrected chi connectivity index (χ0v) is 9.25. The molecule has 0 aliphatic rings. The summed E-state index contributed by atoms with van der Waals surface area (Å²) < 4.78 is 4.57. The van der Waals surface area contributed by atoms with E-state index >= 15 is 0 Å². The molecule has 18 heavy (non-hydrogen) atoms. The van der Waals surface area contributed by atoms with Crippen molar-refractivity contribution < 1.29 is 29.3 Å². The summed E-state index contributed by atoms with van der Waals surface area (Å²) in [5.74, 6) is -2.98. The topological polar surface area (TPSA) is 113 Å². The van der Waals surface area contributed by atoms with Crippen LogP contribution in [0.25, 0.3) is 0 Å². The molecule has 0 atom stereocenters. The second-order valence-corrected chi connectivity index (χ2v) is 3.29. The molecule has 0 heterocycles. The van der Waals surface area contributed by atoms with E-state index in [-0.39, 0.29) is 11.3 Å². The maximum Gasteiger partial charge on any atom is 0.337 e. The van der Waals surface area contributed by atoms with Gasteiger partial charge in [-0.25, -0.2) is 9.59 Å². The number of benzene rings is 1. The average Bonchev–Trinajstić information content (AvgIpc) is 2.28. The smallest absolute Gasteiger partial charge is 0.337 e. The van der Waals surface area contributed by atoms with Gasteiger partial charge in [-0.05, 0) is 12.1 Å². The van der Waals surface area contributed by atoms with Crippen molar-refractivity contribution in [3.63, 3.8) is 0 Å². The minimum atomic E-state index is -1.19. The molecule has 1 amide bonds. The number of aliphatic carboxylic acids is 1. The lowest BCUT2D eigenvalue weighted by Crippen LogP contribution is -2.21. The van der Waals surface area contributed by atoms with Gasteiger partial charge < -0.3 is 20.3 Å². The number of rotatable bonds is 6. The van der Waals surface area contributed by atoms with E-state index < -0.39 is 31.1 Å². The summed E-state index contributed by atoms with van der Waals surface area (Å²) in [6.45, 7) is -1.05. The van der Waals surface area contributed by atoms with E-state index in [4.69, 9.17) is 10.2 Å². The zero-order chi connectivity index (χ0) is 13.5. The molecule has 0 bridgehead atoms. The number of hydrogen-bond donors (Lipinski definition) is 3. The van der Waals surface area contributed by atoms with Crippen molar-refractivity contribution in [2.75, 3.05) is 18.5 Å². The molecule has 1 aromatic carbocycles. The Morgan fingerprint density at radius 1 is 1.11 bits per heavy atom. The number of amides is 1. The quantitative estimate of drug-likeness (QED) is 0.677. The number of nitrogens with one attached hydrogen (secondary N) is 1. The van der Waals surface area contributed by atoms with Crippen molar-refractivity contribution in [3.8, 4) is 0 Å². The van der Waals surface area contributed by atoms with Crippen LogP contribution in [0.4, 0.5) is 5.69 Å². The van der Waals surface area contributed by atoms with E-state index in [1.165, 1.54) is 18.2 Å². The Balaban J connectivity index is 2.59. The molecule has 96 valence electrons. The average molecular weight is 253 g/mol. The lowest BCUT2D eigenvalue weighted by atomic mass is 10.2. The molecule has 0 unspecified atom stereocenters. The SMILES string of the molecule is O=C(O)COCC(=O)Nc1ccccc1C(=O)O. The molecular formula is C11H11NO6. The van der Waals surface area contributed by atoms with Gasteiger partial charge >= 0.3 is 11.9 Å². The number of carboxylic acid groups (broad SMARTS) is 2. The highest BCUT2D eigenvalue weighted by atomic mass is 16.5. The fraction of sp³-hybridized carbons (Fsp3) is 0.182. The molecule has 0 radical (unpaired) electrons. The van der Waals surface area contributed by atoms with Gasteiger partial charge in [0.15, 0.2) is 0 Å². The maximum atomic E-state index is 11.3. The predicted molar refractivity (Wildman–Crippen MR) is 60.5 cm³/mol. The van der Waals surface area contributed by atoms with Crippen LogP contribution in [0.3, 0.4) is 0 Å². The molecule has 0 aliphatic heterocycles. The van der Waals surface area contributed by atoms with Crippen LogP contribution >= 0.6 is 0 Å². The molecule has 0 aromatic heterocycles. The van der Waals surface area contributed by atoms with Crippen molar-refractivity contribution in [1.29, 1.82) is 0 Å². The molecule has 7 heteroatoms. The third kappa shape index (κ3) is 4.22. The summed E-state index contributed by atoms with van der Waals surface area (Å²) in [5, 5.41) is 19.5. The number of carbonyl (C=O) groups excluding carboxylic acids is 1. The van der Waals surface area contributed by atoms with Gasteiger partial charge in [0.25, 0.3) is 0 Å². The fourth-order valence-corrected chi connectivity index (χ4v) is 1.20. The van der Waals surface area contributed by atoms with Crippen molar-refractivity contribution in [2.45, 2.75) is 0 Å². The van der Waals surface area contributed by atoms with Crippen molar-refractivity contribution in [2.24, 2.45) is 0 Å². The van der Waals surface area contributed by atoms with Crippen LogP contribution in [-0.4, -0.2) is 41.3 Å². The number of carboxylic acids is 2. The number of anilines is 1. The molecule has 1 rings (SSSR count). The summed E-state index contributed by atoms with van der Waals surface area (Å²) in [7, 11) is 0. The van der Waals surface area contributed by atoms with E-state index in [9.17, 15) is 14.4 Å². The zero-order valence-electron chi connectivity index (χ0n) is 9.25. The molecule has 0 spiro atoms. The highest BCUT2D eigenvalue weighted by Crippen LogP contribution is 2.14. The summed E-state index contributed by atoms with van der Waals surface area (Å²) in [6.07, 6.45) is 0. The summed E-state index contributed by atoms with van der Waals surface area (Å²) >= 11 is 0. The Bertz CT molecular complexity index is 470. The third-order valence-electron chi connectivity index (χ3n) is 1.89. The van der Waals surface area contributed by atoms with E-state index in [0.717, 1.165) is 0 Å². The molecule has 0 fully saturated rings. The van der Waals surface area contributed by atoms with Crippen LogP contribution in [0.1, 0.15) is 10.4 Å². The van der Waals surface area contributed by atoms with E-state index in [2.05, 4.69) is 10.1 Å². The molecule has 0 saturated heterocycles. The molecule has 3 N–H and O–H groups in total. The van der Waals surface area contributed by atoms with Crippen LogP contribution in [0.5, 0.6) is 0 Å². The number of ether oxygens (including phenoxy) is 1. The first-order valence-electron chi connectivity index (χ1n) is 4.92. The van der Waals surface area contributed by atoms with E-state index in [1.807, 2.05) is 0 Å². The van der Waals surface area contributed by atoms with E-state index in [0.29, 0.717) is 0 Å². The monoisotopic (exact) mass is 253 g/mol. The standard InChI is InChI=1S/C11H11NO6/c13-9(5-18-6-10(14)15)12-8-4-2-1-3-7(8)11(16)17/h1-4H,5-6H2,(H,12,13)(H,14,15)(H,16,17). The van der Waals surface area contributed by atoms with Crippen LogP contribution in [0.2, 0.25) is 0 Å². The van der Waals surface area contributed by atoms with Crippen LogP contribution in [0.15, 0.2) is 24.3 Å². The molecule has 0 saturated carbocycles. The number of hydrogen-bond acceptors (Lipinski definition) is 4. The fourth-order valence-electron chi connectivity index (χ4n) is 1.20. The lowest BCUT2D eigenvalue weighted by molar-refractivity contribution is -0.143. The second-order valence-electron chi connectivity index (χ2n) is 3.29. The highest BCUT2D eigenvalue weighted by molar-refractivity contribution is 6.00. The summed E-state index contributed by atoms with van der Waals surface area (Å²) in [6, 6.07) is 5.87. The summed E-state index contributed by atoms with van der Waals surface area (Å²) in [4.78, 5) is 32.3. The van der Waals surface area contributed by atoms with Crippen molar-refractivity contribution in [3.05, 3.63) is 29.8 Å². The van der Waals surface area contributed by atoms with Gasteiger partial charge in [0.2, 0.25) is 5.91 Å². The van der Waals surface area contributed by atoms with Crippen LogP contribution in [0, 0.1) is 0 Å². The third-order valence-corrected chi connectivity index (χ3v) is 1.89. The summed E-state index contributed by atoms with van der Waals surface area (Å²) in [5.41, 5.74) is 0.0815. The van der Waals surface area contributed by atoms with Crippen LogP contribution in [-0.2, 0) is 14.3 Å². The second kappa shape index (κ2) is 6.36. The van der Waals surface area contributed by atoms with Gasteiger partial charge in [0, 0.05) is 0 Å². The van der Waals surface area contributed by atoms with Gasteiger partial charge in [-0.15, -0.1) is 0 Å². The Hall–Kier alpha value is -2.41. The predicted octanol–water partition coefficient (Wildman–Crippen LogP) is 0.424. The Morgan fingerprint density at radius 3 is 2.39 bits per heavy atom. The van der Waals surface area contributed by atoms with Gasteiger partial charge in [-0.2, -0.15) is 0 Å². The van der Waals surface area contributed by atoms with Crippen molar-refractivity contribution >= 4 is 23.5 Å².